The molecule has 3 rings (SSSR count). The van der Waals surface area contributed by atoms with Gasteiger partial charge in [-0.3, -0.25) is 0 Å². The summed E-state index contributed by atoms with van der Waals surface area (Å²) in [4.78, 5) is 0. The molecular weight excluding hydrogens is 252 g/mol. The van der Waals surface area contributed by atoms with Crippen molar-refractivity contribution in [1.82, 2.24) is 0 Å². The molecule has 3 aliphatic carbocycles. The van der Waals surface area contributed by atoms with Gasteiger partial charge in [0.2, 0.25) is 0 Å². The molecule has 0 spiro atoms. The van der Waals surface area contributed by atoms with E-state index in [0.29, 0.717) is 11.8 Å². The Morgan fingerprint density at radius 1 is 0.857 bits per heavy atom. The molecule has 0 saturated heterocycles. The minimum atomic E-state index is 0.613. The summed E-state index contributed by atoms with van der Waals surface area (Å²) < 4.78 is 0. The third kappa shape index (κ3) is 4.64. The zero-order chi connectivity index (χ0) is 14.5. The minimum Gasteiger partial charge on any atom is -0.0995 e. The van der Waals surface area contributed by atoms with Crippen LogP contribution in [0.25, 0.3) is 0 Å². The zero-order valence-electron chi connectivity index (χ0n) is 13.7. The molecule has 5 atom stereocenters. The van der Waals surface area contributed by atoms with Crippen LogP contribution in [0.4, 0.5) is 0 Å². The Labute approximate surface area is 131 Å². The molecule has 0 heterocycles. The molecule has 0 heteroatoms. The number of hydrogen-bond donors (Lipinski definition) is 0. The Balaban J connectivity index is 1.51. The molecule has 0 aromatic rings. The van der Waals surface area contributed by atoms with Gasteiger partial charge in [-0.15, -0.1) is 0 Å². The Morgan fingerprint density at radius 3 is 2.52 bits per heavy atom. The molecule has 0 aliphatic heterocycles. The van der Waals surface area contributed by atoms with Gasteiger partial charge in [0.1, 0.15) is 0 Å². The Morgan fingerprint density at radius 2 is 1.71 bits per heavy atom. The molecule has 2 fully saturated rings. The van der Waals surface area contributed by atoms with Crippen LogP contribution in [0, 0.1) is 47.9 Å². The van der Waals surface area contributed by atoms with E-state index in [0.717, 1.165) is 17.8 Å². The summed E-state index contributed by atoms with van der Waals surface area (Å²) in [6.45, 7) is 2.31. The van der Waals surface area contributed by atoms with Crippen molar-refractivity contribution in [1.29, 1.82) is 0 Å². The first-order valence-corrected chi connectivity index (χ1v) is 9.32. The molecule has 0 aromatic carbocycles. The predicted molar refractivity (Wildman–Crippen MR) is 90.5 cm³/mol. The van der Waals surface area contributed by atoms with E-state index < -0.39 is 0 Å². The lowest BCUT2D eigenvalue weighted by atomic mass is 9.87. The van der Waals surface area contributed by atoms with Crippen LogP contribution < -0.4 is 0 Å². The quantitative estimate of drug-likeness (QED) is 0.422. The Kier molecular flexibility index (Phi) is 5.45. The maximum atomic E-state index is 3.61. The molecule has 3 aliphatic rings. The van der Waals surface area contributed by atoms with Crippen molar-refractivity contribution < 1.29 is 0 Å². The lowest BCUT2D eigenvalue weighted by molar-refractivity contribution is 0.376. The van der Waals surface area contributed by atoms with Gasteiger partial charge >= 0.3 is 0 Å². The molecule has 0 nitrogen and oxygen atoms in total. The molecule has 0 amide bonds. The normalized spacial score (nSPS) is 39.8. The molecule has 3 unspecified atom stereocenters. The maximum absolute atomic E-state index is 3.61. The fourth-order valence-corrected chi connectivity index (χ4v) is 4.53. The van der Waals surface area contributed by atoms with Gasteiger partial charge in [-0.2, -0.15) is 0 Å². The molecular formula is C21H31. The first-order chi connectivity index (χ1) is 10.3. The topological polar surface area (TPSA) is 0 Å². The first kappa shape index (κ1) is 15.2. The Hall–Kier alpha value is -0.700. The highest BCUT2D eigenvalue weighted by atomic mass is 14.3. The van der Waals surface area contributed by atoms with Gasteiger partial charge in [0.05, 0.1) is 0 Å². The summed E-state index contributed by atoms with van der Waals surface area (Å²) in [5.41, 5.74) is 0. The average molecular weight is 283 g/mol. The van der Waals surface area contributed by atoms with Gasteiger partial charge in [0.25, 0.3) is 0 Å². The van der Waals surface area contributed by atoms with Crippen LogP contribution in [0.5, 0.6) is 0 Å². The van der Waals surface area contributed by atoms with Crippen molar-refractivity contribution >= 4 is 0 Å². The van der Waals surface area contributed by atoms with Crippen molar-refractivity contribution in [3.8, 4) is 11.8 Å². The molecule has 0 aromatic heterocycles. The van der Waals surface area contributed by atoms with E-state index in [4.69, 9.17) is 0 Å². The van der Waals surface area contributed by atoms with Crippen LogP contribution in [-0.2, 0) is 0 Å². The number of allylic oxidation sites excluding steroid dienone is 2. The monoisotopic (exact) mass is 283 g/mol. The highest BCUT2D eigenvalue weighted by molar-refractivity contribution is 5.18. The summed E-state index contributed by atoms with van der Waals surface area (Å²) in [6.07, 6.45) is 21.2. The van der Waals surface area contributed by atoms with Crippen LogP contribution in [0.1, 0.15) is 71.1 Å². The van der Waals surface area contributed by atoms with E-state index in [9.17, 15) is 0 Å². The second-order valence-corrected chi connectivity index (χ2v) is 7.82. The summed E-state index contributed by atoms with van der Waals surface area (Å²) in [6, 6.07) is 0. The van der Waals surface area contributed by atoms with Crippen LogP contribution in [0.15, 0.2) is 12.2 Å². The SMILES string of the molecule is CC1C=CC([CH]C#C[C@H]2CC[C@H]3CCCCC(C2)C3)CC1. The van der Waals surface area contributed by atoms with Crippen molar-refractivity contribution in [2.45, 2.75) is 71.1 Å². The van der Waals surface area contributed by atoms with Crippen LogP contribution in [0.3, 0.4) is 0 Å². The van der Waals surface area contributed by atoms with Gasteiger partial charge in [-0.25, -0.2) is 0 Å². The third-order valence-corrected chi connectivity index (χ3v) is 5.91. The number of rotatable bonds is 1. The van der Waals surface area contributed by atoms with Gasteiger partial charge in [0, 0.05) is 12.3 Å². The van der Waals surface area contributed by atoms with E-state index in [-0.39, 0.29) is 0 Å². The zero-order valence-corrected chi connectivity index (χ0v) is 13.7. The Bertz CT molecular complexity index is 407. The average Bonchev–Trinajstić information content (AvgIpc) is 2.83. The largest absolute Gasteiger partial charge is 0.0995 e. The molecule has 1 radical (unpaired) electrons. The van der Waals surface area contributed by atoms with Gasteiger partial charge in [0.15, 0.2) is 0 Å². The minimum absolute atomic E-state index is 0.613. The van der Waals surface area contributed by atoms with E-state index in [2.05, 4.69) is 37.3 Å². The van der Waals surface area contributed by atoms with E-state index in [1.165, 1.54) is 64.2 Å². The van der Waals surface area contributed by atoms with Gasteiger partial charge in [-0.05, 0) is 62.2 Å². The first-order valence-electron chi connectivity index (χ1n) is 9.32. The summed E-state index contributed by atoms with van der Waals surface area (Å²) >= 11 is 0. The summed E-state index contributed by atoms with van der Waals surface area (Å²) in [5, 5.41) is 0. The molecule has 115 valence electrons. The number of fused-ring (bicyclic) bond motifs is 2. The lowest BCUT2D eigenvalue weighted by Crippen LogP contribution is -2.07. The van der Waals surface area contributed by atoms with Gasteiger partial charge in [-0.1, -0.05) is 56.6 Å². The fourth-order valence-electron chi connectivity index (χ4n) is 4.53. The molecule has 2 bridgehead atoms. The second kappa shape index (κ2) is 7.53. The lowest BCUT2D eigenvalue weighted by Gasteiger charge is -2.18. The summed E-state index contributed by atoms with van der Waals surface area (Å²) in [7, 11) is 0. The van der Waals surface area contributed by atoms with Crippen molar-refractivity contribution in [2.75, 3.05) is 0 Å². The molecule has 2 saturated carbocycles. The van der Waals surface area contributed by atoms with Crippen molar-refractivity contribution in [2.24, 2.45) is 29.6 Å². The van der Waals surface area contributed by atoms with Crippen LogP contribution in [0.2, 0.25) is 0 Å². The highest BCUT2D eigenvalue weighted by Gasteiger charge is 2.26. The second-order valence-electron chi connectivity index (χ2n) is 7.82. The van der Waals surface area contributed by atoms with Crippen LogP contribution in [-0.4, -0.2) is 0 Å². The van der Waals surface area contributed by atoms with Crippen LogP contribution >= 0.6 is 0 Å². The third-order valence-electron chi connectivity index (χ3n) is 5.91. The van der Waals surface area contributed by atoms with E-state index in [1.807, 2.05) is 0 Å². The van der Waals surface area contributed by atoms with Gasteiger partial charge < -0.3 is 0 Å². The highest BCUT2D eigenvalue weighted by Crippen LogP contribution is 2.39. The fraction of sp³-hybridized carbons (Fsp3) is 0.762. The van der Waals surface area contributed by atoms with Crippen molar-refractivity contribution in [3.63, 3.8) is 0 Å². The number of hydrogen-bond acceptors (Lipinski definition) is 0. The predicted octanol–water partition coefficient (Wildman–Crippen LogP) is 5.79. The van der Waals surface area contributed by atoms with Crippen molar-refractivity contribution in [3.05, 3.63) is 18.6 Å². The van der Waals surface area contributed by atoms with E-state index >= 15 is 0 Å². The smallest absolute Gasteiger partial charge is 0.0409 e. The van der Waals surface area contributed by atoms with E-state index in [1.54, 1.807) is 0 Å². The molecule has 21 heavy (non-hydrogen) atoms. The maximum Gasteiger partial charge on any atom is 0.0409 e. The standard InChI is InChI=1S/C21H31/c1-17-9-11-18(12-10-17)7-4-8-20-14-13-19-5-2-3-6-21(15-19)16-20/h7,9,11,17-21H,2-3,5-6,10,12-16H2,1H3/t17?,18?,19-,20+,21?/m1/s1. The summed E-state index contributed by atoms with van der Waals surface area (Å²) in [5.74, 6) is 11.1. The molecule has 0 N–H and O–H groups in total.